The summed E-state index contributed by atoms with van der Waals surface area (Å²) in [6.45, 7) is 2.22. The second kappa shape index (κ2) is 8.48. The van der Waals surface area contributed by atoms with E-state index in [2.05, 4.69) is 36.3 Å². The monoisotopic (exact) mass is 349 g/mol. The number of aromatic nitrogens is 1. The Balaban J connectivity index is 1.68. The van der Waals surface area contributed by atoms with E-state index in [4.69, 9.17) is 9.63 Å². The van der Waals surface area contributed by atoms with Crippen LogP contribution >= 0.6 is 0 Å². The summed E-state index contributed by atoms with van der Waals surface area (Å²) in [5, 5.41) is 13.1. The van der Waals surface area contributed by atoms with Crippen LogP contribution < -0.4 is 0 Å². The van der Waals surface area contributed by atoms with Crippen molar-refractivity contribution >= 4 is 5.97 Å². The molecule has 0 atom stereocenters. The first kappa shape index (κ1) is 17.9. The van der Waals surface area contributed by atoms with E-state index in [9.17, 15) is 4.79 Å². The number of carboxylic acids is 1. The molecule has 0 aliphatic heterocycles. The van der Waals surface area contributed by atoms with Gasteiger partial charge in [0.2, 0.25) is 0 Å². The zero-order valence-corrected chi connectivity index (χ0v) is 14.9. The highest BCUT2D eigenvalue weighted by molar-refractivity contribution is 5.88. The van der Waals surface area contributed by atoms with Crippen molar-refractivity contribution in [1.82, 2.24) is 5.16 Å². The van der Waals surface area contributed by atoms with Crippen LogP contribution in [-0.4, -0.2) is 16.2 Å². The van der Waals surface area contributed by atoms with Crippen molar-refractivity contribution in [3.8, 4) is 22.6 Å². The van der Waals surface area contributed by atoms with Gasteiger partial charge in [-0.2, -0.15) is 0 Å². The molecule has 0 amide bonds. The maximum atomic E-state index is 10.9. The molecule has 0 aliphatic carbocycles. The van der Waals surface area contributed by atoms with Gasteiger partial charge in [0.1, 0.15) is 5.69 Å². The third-order valence-electron chi connectivity index (χ3n) is 4.50. The molecule has 26 heavy (non-hydrogen) atoms. The van der Waals surface area contributed by atoms with Gasteiger partial charge in [0, 0.05) is 17.2 Å². The minimum atomic E-state index is -0.938. The minimum Gasteiger partial charge on any atom is -0.478 e. The smallest absolute Gasteiger partial charge is 0.335 e. The third kappa shape index (κ3) is 4.39. The number of unbranched alkanes of at least 4 members (excludes halogenated alkanes) is 3. The lowest BCUT2D eigenvalue weighted by Gasteiger charge is -2.02. The first-order chi connectivity index (χ1) is 12.7. The summed E-state index contributed by atoms with van der Waals surface area (Å²) >= 11 is 0. The molecule has 0 radical (unpaired) electrons. The molecule has 0 unspecified atom stereocenters. The van der Waals surface area contributed by atoms with Crippen LogP contribution in [0.1, 0.15) is 48.5 Å². The molecule has 1 aromatic heterocycles. The average molecular weight is 349 g/mol. The summed E-state index contributed by atoms with van der Waals surface area (Å²) < 4.78 is 5.47. The number of carboxylic acid groups (broad SMARTS) is 1. The van der Waals surface area contributed by atoms with E-state index in [1.807, 2.05) is 6.07 Å². The van der Waals surface area contributed by atoms with E-state index in [1.54, 1.807) is 24.3 Å². The molecule has 2 aromatic carbocycles. The Labute approximate surface area is 153 Å². The molecule has 1 N–H and O–H groups in total. The Kier molecular flexibility index (Phi) is 5.84. The number of rotatable bonds is 8. The second-order valence-electron chi connectivity index (χ2n) is 6.47. The van der Waals surface area contributed by atoms with Crippen molar-refractivity contribution in [2.24, 2.45) is 0 Å². The van der Waals surface area contributed by atoms with E-state index < -0.39 is 5.97 Å². The van der Waals surface area contributed by atoms with Crippen LogP contribution in [0.15, 0.2) is 59.1 Å². The normalized spacial score (nSPS) is 10.8. The van der Waals surface area contributed by atoms with Crippen LogP contribution in [0.5, 0.6) is 0 Å². The third-order valence-corrected chi connectivity index (χ3v) is 4.50. The first-order valence-electron chi connectivity index (χ1n) is 9.07. The van der Waals surface area contributed by atoms with E-state index in [0.29, 0.717) is 11.5 Å². The summed E-state index contributed by atoms with van der Waals surface area (Å²) in [5.74, 6) is -0.230. The van der Waals surface area contributed by atoms with Crippen LogP contribution in [0.25, 0.3) is 22.6 Å². The Hall–Kier alpha value is -2.88. The molecule has 134 valence electrons. The lowest BCUT2D eigenvalue weighted by atomic mass is 10.0. The summed E-state index contributed by atoms with van der Waals surface area (Å²) in [7, 11) is 0. The van der Waals surface area contributed by atoms with Gasteiger partial charge in [0.25, 0.3) is 0 Å². The van der Waals surface area contributed by atoms with Crippen LogP contribution in [0.4, 0.5) is 0 Å². The number of aryl methyl sites for hydroxylation is 1. The molecule has 0 bridgehead atoms. The lowest BCUT2D eigenvalue weighted by Crippen LogP contribution is -1.94. The minimum absolute atomic E-state index is 0.256. The zero-order valence-electron chi connectivity index (χ0n) is 14.9. The van der Waals surface area contributed by atoms with Gasteiger partial charge < -0.3 is 9.63 Å². The van der Waals surface area contributed by atoms with Crippen LogP contribution in [0.3, 0.4) is 0 Å². The molecule has 4 heteroatoms. The highest BCUT2D eigenvalue weighted by Gasteiger charge is 2.10. The van der Waals surface area contributed by atoms with Gasteiger partial charge in [-0.25, -0.2) is 4.79 Å². The van der Waals surface area contributed by atoms with E-state index in [-0.39, 0.29) is 5.56 Å². The predicted octanol–water partition coefficient (Wildman–Crippen LogP) is 5.83. The van der Waals surface area contributed by atoms with Gasteiger partial charge in [-0.15, -0.1) is 0 Å². The Morgan fingerprint density at radius 2 is 1.65 bits per heavy atom. The molecule has 4 nitrogen and oxygen atoms in total. The van der Waals surface area contributed by atoms with Crippen LogP contribution in [-0.2, 0) is 6.42 Å². The molecule has 1 heterocycles. The van der Waals surface area contributed by atoms with Crippen molar-refractivity contribution in [3.63, 3.8) is 0 Å². The summed E-state index contributed by atoms with van der Waals surface area (Å²) in [5.41, 5.74) is 4.11. The fraction of sp³-hybridized carbons (Fsp3) is 0.273. The van der Waals surface area contributed by atoms with Gasteiger partial charge in [0.05, 0.1) is 5.56 Å². The van der Waals surface area contributed by atoms with Gasteiger partial charge in [0.15, 0.2) is 5.76 Å². The molecule has 3 rings (SSSR count). The van der Waals surface area contributed by atoms with Crippen LogP contribution in [0, 0.1) is 0 Å². The van der Waals surface area contributed by atoms with Crippen molar-refractivity contribution in [2.45, 2.75) is 39.0 Å². The number of aromatic carboxylic acids is 1. The van der Waals surface area contributed by atoms with E-state index in [0.717, 1.165) is 17.5 Å². The molecule has 0 saturated carbocycles. The molecular formula is C22H23NO3. The maximum Gasteiger partial charge on any atom is 0.335 e. The topological polar surface area (TPSA) is 63.3 Å². The Bertz CT molecular complexity index is 848. The lowest BCUT2D eigenvalue weighted by molar-refractivity contribution is 0.0697. The van der Waals surface area contributed by atoms with Gasteiger partial charge in [-0.1, -0.05) is 67.7 Å². The molecule has 0 fully saturated rings. The predicted molar refractivity (Wildman–Crippen MR) is 102 cm³/mol. The molecule has 3 aromatic rings. The number of carbonyl (C=O) groups is 1. The highest BCUT2D eigenvalue weighted by atomic mass is 16.5. The van der Waals surface area contributed by atoms with Crippen molar-refractivity contribution in [1.29, 1.82) is 0 Å². The number of hydrogen-bond acceptors (Lipinski definition) is 3. The summed E-state index contributed by atoms with van der Waals surface area (Å²) in [4.78, 5) is 10.9. The Morgan fingerprint density at radius 1 is 0.962 bits per heavy atom. The summed E-state index contributed by atoms with van der Waals surface area (Å²) in [6.07, 6.45) is 6.17. The van der Waals surface area contributed by atoms with Gasteiger partial charge in [-0.05, 0) is 30.5 Å². The average Bonchev–Trinajstić information content (AvgIpc) is 3.16. The van der Waals surface area contributed by atoms with Crippen molar-refractivity contribution in [2.75, 3.05) is 0 Å². The van der Waals surface area contributed by atoms with E-state index in [1.165, 1.54) is 31.2 Å². The highest BCUT2D eigenvalue weighted by Crippen LogP contribution is 2.26. The second-order valence-corrected chi connectivity index (χ2v) is 6.47. The van der Waals surface area contributed by atoms with E-state index >= 15 is 0 Å². The standard InChI is InChI=1S/C22H23NO3/c1-2-3-4-5-6-16-7-9-18(10-8-16)21-15-20(23-26-21)17-11-13-19(14-12-17)22(24)25/h7-15H,2-6H2,1H3,(H,24,25). The summed E-state index contributed by atoms with van der Waals surface area (Å²) in [6, 6.07) is 16.9. The van der Waals surface area contributed by atoms with Crippen molar-refractivity contribution < 1.29 is 14.4 Å². The zero-order chi connectivity index (χ0) is 18.4. The van der Waals surface area contributed by atoms with Crippen molar-refractivity contribution in [3.05, 3.63) is 65.7 Å². The molecule has 0 aliphatic rings. The molecule has 0 spiro atoms. The molecule has 0 saturated heterocycles. The van der Waals surface area contributed by atoms with Crippen LogP contribution in [0.2, 0.25) is 0 Å². The fourth-order valence-electron chi connectivity index (χ4n) is 2.92. The SMILES string of the molecule is CCCCCCc1ccc(-c2cc(-c3ccc(C(=O)O)cc3)no2)cc1. The quantitative estimate of drug-likeness (QED) is 0.520. The number of hydrogen-bond donors (Lipinski definition) is 1. The fourth-order valence-corrected chi connectivity index (χ4v) is 2.92. The molecular weight excluding hydrogens is 326 g/mol. The number of nitrogens with zero attached hydrogens (tertiary/aromatic N) is 1. The number of benzene rings is 2. The first-order valence-corrected chi connectivity index (χ1v) is 9.07. The Morgan fingerprint density at radius 3 is 2.31 bits per heavy atom. The van der Waals surface area contributed by atoms with Gasteiger partial charge >= 0.3 is 5.97 Å². The maximum absolute atomic E-state index is 10.9. The van der Waals surface area contributed by atoms with Gasteiger partial charge in [-0.3, -0.25) is 0 Å². The largest absolute Gasteiger partial charge is 0.478 e.